The Hall–Kier alpha value is -3.14. The largest absolute Gasteiger partial charge is 0.466 e. The summed E-state index contributed by atoms with van der Waals surface area (Å²) in [7, 11) is 2.32. The fourth-order valence-electron chi connectivity index (χ4n) is 2.98. The van der Waals surface area contributed by atoms with Gasteiger partial charge in [-0.3, -0.25) is 10.1 Å². The highest BCUT2D eigenvalue weighted by Crippen LogP contribution is 2.33. The highest BCUT2D eigenvalue weighted by molar-refractivity contribution is 5.98. The van der Waals surface area contributed by atoms with Crippen LogP contribution in [0, 0.1) is 10.1 Å². The molecule has 0 aromatic heterocycles. The molecule has 1 aliphatic heterocycles. The number of ether oxygens (including phenoxy) is 3. The SMILES string of the molecule is COC(=O)/C=C(/Nc1ccc(N2CC(C)OC(C)C2)c([N+](=O)[O-])c1)C(=O)OC. The van der Waals surface area contributed by atoms with Gasteiger partial charge in [-0.05, 0) is 26.0 Å². The highest BCUT2D eigenvalue weighted by Gasteiger charge is 2.28. The number of nitro groups is 1. The van der Waals surface area contributed by atoms with Crippen molar-refractivity contribution in [3.63, 3.8) is 0 Å². The third-order valence-corrected chi connectivity index (χ3v) is 4.08. The predicted octanol–water partition coefficient (Wildman–Crippen LogP) is 1.85. The monoisotopic (exact) mass is 393 g/mol. The molecule has 1 aromatic carbocycles. The number of hydrogen-bond acceptors (Lipinski definition) is 9. The number of nitrogens with zero attached hydrogens (tertiary/aromatic N) is 2. The summed E-state index contributed by atoms with van der Waals surface area (Å²) in [5.74, 6) is -1.58. The molecule has 2 rings (SSSR count). The van der Waals surface area contributed by atoms with Crippen LogP contribution >= 0.6 is 0 Å². The van der Waals surface area contributed by atoms with E-state index in [0.717, 1.165) is 20.3 Å². The van der Waals surface area contributed by atoms with Crippen LogP contribution in [0.25, 0.3) is 0 Å². The van der Waals surface area contributed by atoms with Gasteiger partial charge in [0.25, 0.3) is 5.69 Å². The molecular weight excluding hydrogens is 370 g/mol. The van der Waals surface area contributed by atoms with Gasteiger partial charge in [-0.15, -0.1) is 0 Å². The average Bonchev–Trinajstić information content (AvgIpc) is 2.65. The first-order valence-corrected chi connectivity index (χ1v) is 8.59. The van der Waals surface area contributed by atoms with Crippen molar-refractivity contribution >= 4 is 29.0 Å². The number of carbonyl (C=O) groups excluding carboxylic acids is 2. The van der Waals surface area contributed by atoms with Gasteiger partial charge in [0.1, 0.15) is 11.4 Å². The number of anilines is 2. The average molecular weight is 393 g/mol. The number of nitro benzene ring substituents is 1. The number of rotatable bonds is 6. The minimum atomic E-state index is -0.812. The molecule has 0 spiro atoms. The quantitative estimate of drug-likeness (QED) is 0.334. The molecule has 2 unspecified atom stereocenters. The lowest BCUT2D eigenvalue weighted by atomic mass is 10.1. The van der Waals surface area contributed by atoms with Crippen LogP contribution in [0.1, 0.15) is 13.8 Å². The molecular formula is C18H23N3O7. The molecule has 0 saturated carbocycles. The molecule has 1 fully saturated rings. The Morgan fingerprint density at radius 3 is 2.43 bits per heavy atom. The summed E-state index contributed by atoms with van der Waals surface area (Å²) in [5.41, 5.74) is 0.373. The molecule has 28 heavy (non-hydrogen) atoms. The minimum absolute atomic E-state index is 0.0601. The summed E-state index contributed by atoms with van der Waals surface area (Å²) in [6.45, 7) is 4.86. The number of carbonyl (C=O) groups is 2. The zero-order valence-corrected chi connectivity index (χ0v) is 16.1. The van der Waals surface area contributed by atoms with Gasteiger partial charge in [-0.1, -0.05) is 0 Å². The van der Waals surface area contributed by atoms with E-state index in [4.69, 9.17) is 4.74 Å². The van der Waals surface area contributed by atoms with Gasteiger partial charge in [0.05, 0.1) is 37.4 Å². The number of morpholine rings is 1. The molecule has 152 valence electrons. The Morgan fingerprint density at radius 1 is 1.25 bits per heavy atom. The third kappa shape index (κ3) is 5.19. The first-order valence-electron chi connectivity index (χ1n) is 8.59. The predicted molar refractivity (Wildman–Crippen MR) is 101 cm³/mol. The van der Waals surface area contributed by atoms with E-state index in [9.17, 15) is 19.7 Å². The Kier molecular flexibility index (Phi) is 6.94. The topological polar surface area (TPSA) is 120 Å². The molecule has 1 saturated heterocycles. The number of esters is 2. The van der Waals surface area contributed by atoms with Crippen molar-refractivity contribution < 1.29 is 28.7 Å². The van der Waals surface area contributed by atoms with Crippen LogP contribution in [0.2, 0.25) is 0 Å². The zero-order valence-electron chi connectivity index (χ0n) is 16.1. The summed E-state index contributed by atoms with van der Waals surface area (Å²) in [6, 6.07) is 4.48. The lowest BCUT2D eigenvalue weighted by molar-refractivity contribution is -0.384. The summed E-state index contributed by atoms with van der Waals surface area (Å²) in [4.78, 5) is 36.3. The Bertz CT molecular complexity index is 783. The van der Waals surface area contributed by atoms with E-state index < -0.39 is 16.9 Å². The molecule has 0 amide bonds. The van der Waals surface area contributed by atoms with E-state index in [2.05, 4.69) is 14.8 Å². The van der Waals surface area contributed by atoms with E-state index in [-0.39, 0.29) is 29.3 Å². The van der Waals surface area contributed by atoms with E-state index in [1.165, 1.54) is 6.07 Å². The van der Waals surface area contributed by atoms with Gasteiger partial charge >= 0.3 is 11.9 Å². The number of hydrogen-bond donors (Lipinski definition) is 1. The van der Waals surface area contributed by atoms with E-state index in [1.54, 1.807) is 12.1 Å². The van der Waals surface area contributed by atoms with E-state index in [1.807, 2.05) is 18.7 Å². The second kappa shape index (κ2) is 9.18. The minimum Gasteiger partial charge on any atom is -0.466 e. The van der Waals surface area contributed by atoms with Crippen molar-refractivity contribution in [3.05, 3.63) is 40.1 Å². The molecule has 10 heteroatoms. The van der Waals surface area contributed by atoms with Crippen LogP contribution in [0.3, 0.4) is 0 Å². The van der Waals surface area contributed by atoms with E-state index >= 15 is 0 Å². The first kappa shape index (κ1) is 21.2. The molecule has 1 heterocycles. The van der Waals surface area contributed by atoms with Gasteiger partial charge in [0.2, 0.25) is 0 Å². The van der Waals surface area contributed by atoms with Crippen LogP contribution in [-0.2, 0) is 23.8 Å². The van der Waals surface area contributed by atoms with Crippen LogP contribution < -0.4 is 10.2 Å². The summed E-state index contributed by atoms with van der Waals surface area (Å²) in [6.07, 6.45) is 0.793. The van der Waals surface area contributed by atoms with Gasteiger partial charge in [-0.25, -0.2) is 9.59 Å². The lowest BCUT2D eigenvalue weighted by Gasteiger charge is -2.36. The molecule has 0 aliphatic carbocycles. The molecule has 0 radical (unpaired) electrons. The first-order chi connectivity index (χ1) is 13.2. The van der Waals surface area contributed by atoms with Gasteiger partial charge < -0.3 is 24.4 Å². The van der Waals surface area contributed by atoms with Gasteiger partial charge in [-0.2, -0.15) is 0 Å². The Morgan fingerprint density at radius 2 is 1.89 bits per heavy atom. The van der Waals surface area contributed by atoms with Crippen LogP contribution in [0.15, 0.2) is 30.0 Å². The number of methoxy groups -OCH3 is 2. The summed E-state index contributed by atoms with van der Waals surface area (Å²) < 4.78 is 14.8. The standard InChI is InChI=1S/C18H23N3O7/c1-11-9-20(10-12(2)28-11)15-6-5-13(7-16(15)21(24)25)19-14(18(23)27-4)8-17(22)26-3/h5-8,11-12,19H,9-10H2,1-4H3/b14-8+. The van der Waals surface area contributed by atoms with Crippen molar-refractivity contribution in [1.82, 2.24) is 0 Å². The van der Waals surface area contributed by atoms with Crippen LogP contribution in [0.4, 0.5) is 17.1 Å². The maximum Gasteiger partial charge on any atom is 0.354 e. The van der Waals surface area contributed by atoms with Crippen molar-refractivity contribution in [2.24, 2.45) is 0 Å². The van der Waals surface area contributed by atoms with E-state index in [0.29, 0.717) is 18.8 Å². The number of benzene rings is 1. The number of nitrogens with one attached hydrogen (secondary N) is 1. The molecule has 1 N–H and O–H groups in total. The smallest absolute Gasteiger partial charge is 0.354 e. The molecule has 0 bridgehead atoms. The lowest BCUT2D eigenvalue weighted by Crippen LogP contribution is -2.45. The molecule has 10 nitrogen and oxygen atoms in total. The van der Waals surface area contributed by atoms with Crippen molar-refractivity contribution in [2.45, 2.75) is 26.1 Å². The Labute approximate surface area is 162 Å². The Balaban J connectivity index is 2.35. The van der Waals surface area contributed by atoms with Crippen LogP contribution in [0.5, 0.6) is 0 Å². The third-order valence-electron chi connectivity index (χ3n) is 4.08. The normalized spacial score (nSPS) is 19.7. The molecule has 1 aliphatic rings. The summed E-state index contributed by atoms with van der Waals surface area (Å²) >= 11 is 0. The maximum atomic E-state index is 11.9. The zero-order chi connectivity index (χ0) is 20.8. The fourth-order valence-corrected chi connectivity index (χ4v) is 2.98. The van der Waals surface area contributed by atoms with Crippen molar-refractivity contribution in [1.29, 1.82) is 0 Å². The highest BCUT2D eigenvalue weighted by atomic mass is 16.6. The van der Waals surface area contributed by atoms with Gasteiger partial charge in [0, 0.05) is 24.8 Å². The van der Waals surface area contributed by atoms with Crippen LogP contribution in [-0.4, -0.2) is 56.4 Å². The maximum absolute atomic E-state index is 11.9. The van der Waals surface area contributed by atoms with Crippen molar-refractivity contribution in [2.75, 3.05) is 37.5 Å². The molecule has 1 aromatic rings. The second-order valence-electron chi connectivity index (χ2n) is 6.32. The second-order valence-corrected chi connectivity index (χ2v) is 6.32. The van der Waals surface area contributed by atoms with Crippen molar-refractivity contribution in [3.8, 4) is 0 Å². The fraction of sp³-hybridized carbons (Fsp3) is 0.444. The molecule has 2 atom stereocenters. The van der Waals surface area contributed by atoms with Gasteiger partial charge in [0.15, 0.2) is 0 Å². The summed E-state index contributed by atoms with van der Waals surface area (Å²) in [5, 5.41) is 14.3.